The first-order chi connectivity index (χ1) is 12.5. The molecule has 1 N–H and O–H groups in total. The lowest BCUT2D eigenvalue weighted by atomic mass is 9.45. The first-order valence-corrected chi connectivity index (χ1v) is 11.1. The first kappa shape index (κ1) is 17.1. The lowest BCUT2D eigenvalue weighted by Gasteiger charge is -2.62. The maximum absolute atomic E-state index is 4.07. The van der Waals surface area contributed by atoms with Crippen molar-refractivity contribution in [3.05, 3.63) is 29.3 Å². The van der Waals surface area contributed by atoms with Gasteiger partial charge >= 0.3 is 0 Å². The molecule has 142 valence electrons. The van der Waals surface area contributed by atoms with E-state index >= 15 is 0 Å². The zero-order valence-corrected chi connectivity index (χ0v) is 17.1. The zero-order valence-electron chi connectivity index (χ0n) is 17.1. The van der Waals surface area contributed by atoms with Crippen molar-refractivity contribution in [3.63, 3.8) is 0 Å². The summed E-state index contributed by atoms with van der Waals surface area (Å²) in [5.74, 6) is 2.61. The fourth-order valence-electron chi connectivity index (χ4n) is 7.50. The number of nitrogens with one attached hydrogen (secondary N) is 1. The van der Waals surface area contributed by atoms with Crippen LogP contribution in [0, 0.1) is 30.1 Å². The van der Waals surface area contributed by atoms with Gasteiger partial charge in [-0.2, -0.15) is 0 Å². The molecule has 1 aromatic carbocycles. The van der Waals surface area contributed by atoms with Gasteiger partial charge in [-0.25, -0.2) is 0 Å². The summed E-state index contributed by atoms with van der Waals surface area (Å²) in [4.78, 5) is 2.83. The molecule has 5 atom stereocenters. The van der Waals surface area contributed by atoms with Crippen LogP contribution in [0.4, 0.5) is 5.69 Å². The highest BCUT2D eigenvalue weighted by Gasteiger charge is 2.65. The molecule has 2 heterocycles. The summed E-state index contributed by atoms with van der Waals surface area (Å²) in [7, 11) is 0. The molecule has 2 aliphatic heterocycles. The van der Waals surface area contributed by atoms with E-state index in [9.17, 15) is 0 Å². The Morgan fingerprint density at radius 3 is 2.81 bits per heavy atom. The van der Waals surface area contributed by atoms with E-state index in [-0.39, 0.29) is 0 Å². The molecular weight excluding hydrogens is 316 g/mol. The number of benzene rings is 1. The van der Waals surface area contributed by atoms with Crippen LogP contribution in [0.15, 0.2) is 18.2 Å². The van der Waals surface area contributed by atoms with E-state index < -0.39 is 0 Å². The summed E-state index contributed by atoms with van der Waals surface area (Å²) in [5, 5.41) is 4.07. The average Bonchev–Trinajstić information content (AvgIpc) is 3.32. The number of fused-ring (bicyclic) bond motifs is 1. The largest absolute Gasteiger partial charge is 0.381 e. The number of hydrogen-bond acceptors (Lipinski definition) is 2. The van der Waals surface area contributed by atoms with Gasteiger partial charge < -0.3 is 10.2 Å². The second-order valence-corrected chi connectivity index (χ2v) is 10.3. The highest BCUT2D eigenvalue weighted by Crippen LogP contribution is 2.65. The van der Waals surface area contributed by atoms with E-state index in [1.54, 1.807) is 5.56 Å². The molecule has 2 nitrogen and oxygen atoms in total. The number of nitrogens with zero attached hydrogens (tertiary/aromatic N) is 1. The summed E-state index contributed by atoms with van der Waals surface area (Å²) < 4.78 is 0. The van der Waals surface area contributed by atoms with Crippen molar-refractivity contribution in [3.8, 4) is 0 Å². The van der Waals surface area contributed by atoms with Gasteiger partial charge in [0.2, 0.25) is 0 Å². The number of anilines is 1. The molecular formula is C24H36N2. The summed E-state index contributed by atoms with van der Waals surface area (Å²) in [6, 6.07) is 7.58. The molecule has 3 fully saturated rings. The molecule has 1 spiro atoms. The third-order valence-corrected chi connectivity index (χ3v) is 8.65. The molecule has 5 rings (SSSR count). The molecule has 0 radical (unpaired) electrons. The van der Waals surface area contributed by atoms with Crippen molar-refractivity contribution in [1.29, 1.82) is 0 Å². The van der Waals surface area contributed by atoms with Gasteiger partial charge in [0.15, 0.2) is 0 Å². The molecule has 1 aromatic rings. The lowest BCUT2D eigenvalue weighted by Crippen LogP contribution is -2.66. The molecule has 0 bridgehead atoms. The van der Waals surface area contributed by atoms with E-state index in [1.165, 1.54) is 63.0 Å². The standard InChI is InChI=1S/C24H36N2/c1-5-19-17(3)13-23(4)15-26(14-18-9-10-18)12-11-24(23)21-16(2)7-6-8-20(21)25-22(19)24/h6-8,17-19,22,25H,5,9-15H2,1-4H3/t17-,19?,22-,23?,24?/m0/s1. The molecule has 3 unspecified atom stereocenters. The van der Waals surface area contributed by atoms with Crippen LogP contribution in [0.1, 0.15) is 64.0 Å². The van der Waals surface area contributed by atoms with Crippen LogP contribution in [-0.2, 0) is 5.41 Å². The van der Waals surface area contributed by atoms with Crippen LogP contribution >= 0.6 is 0 Å². The van der Waals surface area contributed by atoms with Gasteiger partial charge in [0.25, 0.3) is 0 Å². The van der Waals surface area contributed by atoms with Crippen LogP contribution < -0.4 is 5.32 Å². The van der Waals surface area contributed by atoms with Crippen LogP contribution in [0.25, 0.3) is 0 Å². The van der Waals surface area contributed by atoms with Crippen LogP contribution in [0.5, 0.6) is 0 Å². The van der Waals surface area contributed by atoms with Gasteiger partial charge in [0, 0.05) is 30.2 Å². The zero-order chi connectivity index (χ0) is 18.1. The Labute approximate surface area is 159 Å². The number of aryl methyl sites for hydroxylation is 1. The van der Waals surface area contributed by atoms with Gasteiger partial charge in [-0.15, -0.1) is 0 Å². The fraction of sp³-hybridized carbons (Fsp3) is 0.750. The summed E-state index contributed by atoms with van der Waals surface area (Å²) in [6.07, 6.45) is 6.97. The minimum atomic E-state index is 0.334. The van der Waals surface area contributed by atoms with Gasteiger partial charge in [0.05, 0.1) is 0 Å². The quantitative estimate of drug-likeness (QED) is 0.803. The van der Waals surface area contributed by atoms with E-state index in [2.05, 4.69) is 56.1 Å². The third-order valence-electron chi connectivity index (χ3n) is 8.65. The normalized spacial score (nSPS) is 41.9. The molecule has 4 aliphatic rings. The van der Waals surface area contributed by atoms with Crippen LogP contribution in [0.3, 0.4) is 0 Å². The van der Waals surface area contributed by atoms with Crippen molar-refractivity contribution in [2.45, 2.75) is 71.3 Å². The van der Waals surface area contributed by atoms with E-state index in [4.69, 9.17) is 0 Å². The Balaban J connectivity index is 1.61. The predicted octanol–water partition coefficient (Wildman–Crippen LogP) is 5.21. The summed E-state index contributed by atoms with van der Waals surface area (Å²) in [6.45, 7) is 13.9. The molecule has 2 heteroatoms. The Morgan fingerprint density at radius 2 is 2.08 bits per heavy atom. The van der Waals surface area contributed by atoms with E-state index in [0.717, 1.165) is 17.8 Å². The Kier molecular flexibility index (Phi) is 3.77. The first-order valence-electron chi connectivity index (χ1n) is 11.1. The van der Waals surface area contributed by atoms with E-state index in [0.29, 0.717) is 16.9 Å². The highest BCUT2D eigenvalue weighted by molar-refractivity contribution is 5.67. The second-order valence-electron chi connectivity index (χ2n) is 10.3. The number of likely N-dealkylation sites (tertiary alicyclic amines) is 1. The monoisotopic (exact) mass is 352 g/mol. The minimum Gasteiger partial charge on any atom is -0.381 e. The molecule has 26 heavy (non-hydrogen) atoms. The van der Waals surface area contributed by atoms with Crippen molar-refractivity contribution in [1.82, 2.24) is 4.90 Å². The number of piperidine rings is 1. The van der Waals surface area contributed by atoms with Gasteiger partial charge in [-0.05, 0) is 79.5 Å². The summed E-state index contributed by atoms with van der Waals surface area (Å²) >= 11 is 0. The highest BCUT2D eigenvalue weighted by atomic mass is 15.2. The Hall–Kier alpha value is -1.02. The van der Waals surface area contributed by atoms with Gasteiger partial charge in [-0.3, -0.25) is 0 Å². The van der Waals surface area contributed by atoms with E-state index in [1.807, 2.05) is 0 Å². The Morgan fingerprint density at radius 1 is 1.27 bits per heavy atom. The SMILES string of the molecule is CCC1[C@@H](C)CC2(C)CN(CC3CC3)CCC23c2c(C)cccc2N[C@@H]13. The smallest absolute Gasteiger partial charge is 0.0395 e. The molecule has 0 amide bonds. The minimum absolute atomic E-state index is 0.334. The maximum atomic E-state index is 4.07. The average molecular weight is 353 g/mol. The van der Waals surface area contributed by atoms with Gasteiger partial charge in [-0.1, -0.05) is 39.3 Å². The van der Waals surface area contributed by atoms with Gasteiger partial charge in [0.1, 0.15) is 0 Å². The predicted molar refractivity (Wildman–Crippen MR) is 110 cm³/mol. The number of rotatable bonds is 3. The second kappa shape index (κ2) is 5.74. The summed E-state index contributed by atoms with van der Waals surface area (Å²) in [5.41, 5.74) is 5.37. The van der Waals surface area contributed by atoms with Crippen LogP contribution in [-0.4, -0.2) is 30.6 Å². The van der Waals surface area contributed by atoms with Crippen molar-refractivity contribution in [2.24, 2.45) is 23.2 Å². The van der Waals surface area contributed by atoms with Crippen molar-refractivity contribution in [2.75, 3.05) is 25.0 Å². The Bertz CT molecular complexity index is 708. The fourth-order valence-corrected chi connectivity index (χ4v) is 7.50. The topological polar surface area (TPSA) is 15.3 Å². The molecule has 0 aromatic heterocycles. The lowest BCUT2D eigenvalue weighted by molar-refractivity contribution is -0.0648. The molecule has 1 saturated heterocycles. The molecule has 2 saturated carbocycles. The van der Waals surface area contributed by atoms with Crippen molar-refractivity contribution >= 4 is 5.69 Å². The number of hydrogen-bond donors (Lipinski definition) is 1. The van der Waals surface area contributed by atoms with Crippen LogP contribution in [0.2, 0.25) is 0 Å². The third kappa shape index (κ3) is 2.20. The molecule has 2 aliphatic carbocycles. The van der Waals surface area contributed by atoms with Crippen molar-refractivity contribution < 1.29 is 0 Å². The maximum Gasteiger partial charge on any atom is 0.0395 e.